The van der Waals surface area contributed by atoms with Gasteiger partial charge in [0.2, 0.25) is 5.88 Å². The van der Waals surface area contributed by atoms with E-state index in [-0.39, 0.29) is 0 Å². The van der Waals surface area contributed by atoms with Gasteiger partial charge >= 0.3 is 5.97 Å². The minimum atomic E-state index is -0.803. The zero-order valence-electron chi connectivity index (χ0n) is 11.0. The minimum Gasteiger partial charge on any atom is -0.481 e. The summed E-state index contributed by atoms with van der Waals surface area (Å²) < 4.78 is 5.15. The van der Waals surface area contributed by atoms with E-state index in [4.69, 9.17) is 4.74 Å². The Morgan fingerprint density at radius 2 is 2.32 bits per heavy atom. The van der Waals surface area contributed by atoms with E-state index < -0.39 is 12.0 Å². The number of hydrogen-bond donors (Lipinski definition) is 1. The molecular formula is C12H17N3O3S. The summed E-state index contributed by atoms with van der Waals surface area (Å²) in [6.07, 6.45) is 4.44. The van der Waals surface area contributed by atoms with Crippen LogP contribution in [0.5, 0.6) is 5.88 Å². The molecule has 1 unspecified atom stereocenters. The van der Waals surface area contributed by atoms with E-state index in [9.17, 15) is 9.90 Å². The van der Waals surface area contributed by atoms with Gasteiger partial charge in [-0.2, -0.15) is 4.98 Å². The average Bonchev–Trinajstić information content (AvgIpc) is 2.46. The zero-order chi connectivity index (χ0) is 13.8. The second-order valence-electron chi connectivity index (χ2n) is 4.30. The molecule has 0 radical (unpaired) electrons. The van der Waals surface area contributed by atoms with E-state index in [2.05, 4.69) is 9.97 Å². The van der Waals surface area contributed by atoms with Crippen LogP contribution in [0, 0.1) is 0 Å². The normalized spacial score (nSPS) is 19.3. The number of methoxy groups -OCH3 is 1. The second kappa shape index (κ2) is 6.10. The molecule has 1 aliphatic heterocycles. The number of anilines is 1. The van der Waals surface area contributed by atoms with Crippen molar-refractivity contribution in [2.45, 2.75) is 30.5 Å². The van der Waals surface area contributed by atoms with Gasteiger partial charge in [-0.3, -0.25) is 0 Å². The molecule has 2 rings (SSSR count). The van der Waals surface area contributed by atoms with E-state index >= 15 is 0 Å². The maximum absolute atomic E-state index is 11.3. The number of thioether (sulfide) groups is 1. The third-order valence-electron chi connectivity index (χ3n) is 3.14. The number of aromatic nitrogens is 2. The Balaban J connectivity index is 2.35. The summed E-state index contributed by atoms with van der Waals surface area (Å²) in [7, 11) is 1.54. The molecular weight excluding hydrogens is 266 g/mol. The summed E-state index contributed by atoms with van der Waals surface area (Å²) in [4.78, 5) is 21.7. The van der Waals surface area contributed by atoms with Crippen LogP contribution < -0.4 is 9.64 Å². The van der Waals surface area contributed by atoms with Gasteiger partial charge < -0.3 is 14.7 Å². The lowest BCUT2D eigenvalue weighted by Gasteiger charge is -2.33. The Morgan fingerprint density at radius 3 is 2.95 bits per heavy atom. The molecule has 0 spiro atoms. The molecule has 0 aliphatic carbocycles. The largest absolute Gasteiger partial charge is 0.481 e. The van der Waals surface area contributed by atoms with E-state index in [1.165, 1.54) is 11.8 Å². The highest BCUT2D eigenvalue weighted by molar-refractivity contribution is 7.98. The van der Waals surface area contributed by atoms with Crippen LogP contribution in [0.25, 0.3) is 0 Å². The SMILES string of the molecule is COc1cc(N2CCCCC2C(=O)O)nc(SC)n1. The molecule has 1 aromatic rings. The van der Waals surface area contributed by atoms with Gasteiger partial charge in [-0.25, -0.2) is 9.78 Å². The van der Waals surface area contributed by atoms with Crippen molar-refractivity contribution in [3.63, 3.8) is 0 Å². The summed E-state index contributed by atoms with van der Waals surface area (Å²) in [6, 6.07) is 1.18. The molecule has 2 heterocycles. The van der Waals surface area contributed by atoms with Crippen LogP contribution in [0.15, 0.2) is 11.2 Å². The highest BCUT2D eigenvalue weighted by Crippen LogP contribution is 2.27. The number of ether oxygens (including phenoxy) is 1. The molecule has 6 nitrogen and oxygen atoms in total. The first-order valence-electron chi connectivity index (χ1n) is 6.12. The molecule has 104 valence electrons. The Labute approximate surface area is 116 Å². The molecule has 0 amide bonds. The number of carboxylic acid groups (broad SMARTS) is 1. The van der Waals surface area contributed by atoms with Crippen molar-refractivity contribution in [1.82, 2.24) is 9.97 Å². The summed E-state index contributed by atoms with van der Waals surface area (Å²) in [6.45, 7) is 0.699. The van der Waals surface area contributed by atoms with Gasteiger partial charge in [0.15, 0.2) is 5.16 Å². The van der Waals surface area contributed by atoms with Crippen molar-refractivity contribution < 1.29 is 14.6 Å². The number of aliphatic carboxylic acids is 1. The van der Waals surface area contributed by atoms with Gasteiger partial charge in [0.05, 0.1) is 7.11 Å². The number of nitrogens with zero attached hydrogens (tertiary/aromatic N) is 3. The van der Waals surface area contributed by atoms with Crippen molar-refractivity contribution in [1.29, 1.82) is 0 Å². The summed E-state index contributed by atoms with van der Waals surface area (Å²) in [5.41, 5.74) is 0. The molecule has 1 fully saturated rings. The lowest BCUT2D eigenvalue weighted by atomic mass is 10.0. The highest BCUT2D eigenvalue weighted by Gasteiger charge is 2.30. The first-order chi connectivity index (χ1) is 9.15. The van der Waals surface area contributed by atoms with E-state index in [1.54, 1.807) is 13.2 Å². The molecule has 1 aromatic heterocycles. The van der Waals surface area contributed by atoms with Crippen molar-refractivity contribution in [3.8, 4) is 5.88 Å². The van der Waals surface area contributed by atoms with Gasteiger partial charge in [0.1, 0.15) is 11.9 Å². The Hall–Kier alpha value is -1.50. The van der Waals surface area contributed by atoms with E-state index in [0.717, 1.165) is 12.8 Å². The van der Waals surface area contributed by atoms with Crippen LogP contribution in [-0.2, 0) is 4.79 Å². The van der Waals surface area contributed by atoms with Crippen LogP contribution in [0.2, 0.25) is 0 Å². The van der Waals surface area contributed by atoms with Gasteiger partial charge in [-0.05, 0) is 25.5 Å². The van der Waals surface area contributed by atoms with Crippen LogP contribution in [0.1, 0.15) is 19.3 Å². The van der Waals surface area contributed by atoms with Gasteiger partial charge in [-0.15, -0.1) is 0 Å². The average molecular weight is 283 g/mol. The Kier molecular flexibility index (Phi) is 4.47. The van der Waals surface area contributed by atoms with Crippen molar-refractivity contribution >= 4 is 23.5 Å². The van der Waals surface area contributed by atoms with Crippen LogP contribution in [0.3, 0.4) is 0 Å². The number of rotatable bonds is 4. The Morgan fingerprint density at radius 1 is 1.53 bits per heavy atom. The van der Waals surface area contributed by atoms with E-state index in [1.807, 2.05) is 11.2 Å². The van der Waals surface area contributed by atoms with Gasteiger partial charge in [0, 0.05) is 12.6 Å². The molecule has 0 aromatic carbocycles. The first-order valence-corrected chi connectivity index (χ1v) is 7.34. The maximum atomic E-state index is 11.3. The monoisotopic (exact) mass is 283 g/mol. The molecule has 1 aliphatic rings. The molecule has 0 bridgehead atoms. The third-order valence-corrected chi connectivity index (χ3v) is 3.69. The molecule has 1 atom stereocenters. The van der Waals surface area contributed by atoms with Crippen LogP contribution in [-0.4, -0.2) is 47.0 Å². The van der Waals surface area contributed by atoms with Crippen LogP contribution in [0.4, 0.5) is 5.82 Å². The fraction of sp³-hybridized carbons (Fsp3) is 0.583. The molecule has 7 heteroatoms. The zero-order valence-corrected chi connectivity index (χ0v) is 11.8. The Bertz CT molecular complexity index is 447. The molecule has 19 heavy (non-hydrogen) atoms. The van der Waals surface area contributed by atoms with Gasteiger partial charge in [0.25, 0.3) is 0 Å². The van der Waals surface area contributed by atoms with Crippen molar-refractivity contribution in [2.75, 3.05) is 24.8 Å². The number of piperidine rings is 1. The topological polar surface area (TPSA) is 75.5 Å². The predicted octanol–water partition coefficient (Wildman–Crippen LogP) is 1.65. The molecule has 1 N–H and O–H groups in total. The maximum Gasteiger partial charge on any atom is 0.326 e. The van der Waals surface area contributed by atoms with Gasteiger partial charge in [-0.1, -0.05) is 11.8 Å². The number of hydrogen-bond acceptors (Lipinski definition) is 6. The highest BCUT2D eigenvalue weighted by atomic mass is 32.2. The molecule has 0 saturated carbocycles. The quantitative estimate of drug-likeness (QED) is 0.665. The summed E-state index contributed by atoms with van der Waals surface area (Å²) >= 11 is 1.41. The van der Waals surface area contributed by atoms with E-state index in [0.29, 0.717) is 29.8 Å². The summed E-state index contributed by atoms with van der Waals surface area (Å²) in [5.74, 6) is 0.287. The lowest BCUT2D eigenvalue weighted by Crippen LogP contribution is -2.45. The first kappa shape index (κ1) is 13.9. The lowest BCUT2D eigenvalue weighted by molar-refractivity contribution is -0.139. The van der Waals surface area contributed by atoms with Crippen molar-refractivity contribution in [3.05, 3.63) is 6.07 Å². The predicted molar refractivity (Wildman–Crippen MR) is 73.0 cm³/mol. The van der Waals surface area contributed by atoms with Crippen molar-refractivity contribution in [2.24, 2.45) is 0 Å². The third kappa shape index (κ3) is 3.09. The number of carboxylic acids is 1. The fourth-order valence-electron chi connectivity index (χ4n) is 2.20. The minimum absolute atomic E-state index is 0.462. The number of carbonyl (C=O) groups is 1. The fourth-order valence-corrected chi connectivity index (χ4v) is 2.56. The summed E-state index contributed by atoms with van der Waals surface area (Å²) in [5, 5.41) is 9.89. The standard InChI is InChI=1S/C12H17N3O3S/c1-18-10-7-9(13-12(14-10)19-2)15-6-4-3-5-8(15)11(16)17/h7-8H,3-6H2,1-2H3,(H,16,17). The smallest absolute Gasteiger partial charge is 0.326 e. The second-order valence-corrected chi connectivity index (χ2v) is 5.07. The molecule has 1 saturated heterocycles. The van der Waals surface area contributed by atoms with Crippen LogP contribution >= 0.6 is 11.8 Å².